The Morgan fingerprint density at radius 3 is 2.59 bits per heavy atom. The number of para-hydroxylation sites is 1. The molecule has 0 atom stereocenters. The Balaban J connectivity index is 1.69. The number of pyridine rings is 1. The first kappa shape index (κ1) is 19.9. The number of carbonyl (C=O) groups is 2. The van der Waals surface area contributed by atoms with E-state index in [1.807, 2.05) is 18.2 Å². The fourth-order valence-corrected chi connectivity index (χ4v) is 2.60. The molecule has 0 bridgehead atoms. The fourth-order valence-electron chi connectivity index (χ4n) is 2.60. The Morgan fingerprint density at radius 2 is 1.83 bits per heavy atom. The number of aromatic nitrogens is 1. The maximum atomic E-state index is 13.7. The van der Waals surface area contributed by atoms with Crippen molar-refractivity contribution in [3.05, 3.63) is 89.2 Å². The van der Waals surface area contributed by atoms with Crippen LogP contribution in [0.3, 0.4) is 0 Å². The number of hydrogen-bond donors (Lipinski definition) is 2. The molecule has 3 aromatic rings. The number of amides is 2. The molecule has 0 unspecified atom stereocenters. The van der Waals surface area contributed by atoms with Gasteiger partial charge in [0.1, 0.15) is 23.1 Å². The number of carbonyl (C=O) groups excluding carboxylic acids is 2. The third kappa shape index (κ3) is 4.92. The molecular formula is C21H17F2N3O3. The molecule has 0 aliphatic heterocycles. The lowest BCUT2D eigenvalue weighted by Gasteiger charge is -2.10. The van der Waals surface area contributed by atoms with Gasteiger partial charge in [-0.2, -0.15) is 0 Å². The molecule has 0 spiro atoms. The van der Waals surface area contributed by atoms with Crippen LogP contribution in [0.2, 0.25) is 0 Å². The molecule has 3 rings (SSSR count). The minimum absolute atomic E-state index is 0.0846. The van der Waals surface area contributed by atoms with Crippen molar-refractivity contribution in [3.8, 4) is 5.75 Å². The molecule has 2 amide bonds. The van der Waals surface area contributed by atoms with Crippen LogP contribution >= 0.6 is 0 Å². The van der Waals surface area contributed by atoms with Gasteiger partial charge in [-0.1, -0.05) is 18.2 Å². The molecule has 1 heterocycles. The summed E-state index contributed by atoms with van der Waals surface area (Å²) < 4.78 is 31.9. The molecule has 0 saturated carbocycles. The van der Waals surface area contributed by atoms with E-state index >= 15 is 0 Å². The van der Waals surface area contributed by atoms with E-state index in [0.29, 0.717) is 11.8 Å². The highest BCUT2D eigenvalue weighted by atomic mass is 19.1. The maximum Gasteiger partial charge on any atom is 0.274 e. The number of nitrogens with zero attached hydrogens (tertiary/aromatic N) is 1. The van der Waals surface area contributed by atoms with Crippen LogP contribution in [0.4, 0.5) is 14.5 Å². The molecule has 29 heavy (non-hydrogen) atoms. The Bertz CT molecular complexity index is 1060. The van der Waals surface area contributed by atoms with Crippen molar-refractivity contribution in [2.24, 2.45) is 0 Å². The third-order valence-corrected chi connectivity index (χ3v) is 4.07. The zero-order valence-corrected chi connectivity index (χ0v) is 15.4. The van der Waals surface area contributed by atoms with Gasteiger partial charge >= 0.3 is 0 Å². The van der Waals surface area contributed by atoms with Gasteiger partial charge in [0.2, 0.25) is 0 Å². The number of rotatable bonds is 6. The molecule has 0 aliphatic carbocycles. The van der Waals surface area contributed by atoms with Gasteiger partial charge in [-0.25, -0.2) is 8.78 Å². The van der Waals surface area contributed by atoms with E-state index in [1.165, 1.54) is 18.3 Å². The number of methoxy groups -OCH3 is 1. The Labute approximate surface area is 165 Å². The first-order valence-electron chi connectivity index (χ1n) is 8.60. The van der Waals surface area contributed by atoms with Gasteiger partial charge in [0.05, 0.1) is 12.8 Å². The second kappa shape index (κ2) is 8.92. The average molecular weight is 397 g/mol. The molecule has 2 aromatic carbocycles. The number of ether oxygens (including phenoxy) is 1. The molecule has 6 nitrogen and oxygen atoms in total. The summed E-state index contributed by atoms with van der Waals surface area (Å²) in [7, 11) is 1.54. The Hall–Kier alpha value is -3.81. The molecule has 0 radical (unpaired) electrons. The maximum absolute atomic E-state index is 13.7. The molecule has 0 aliphatic rings. The van der Waals surface area contributed by atoms with E-state index in [-0.39, 0.29) is 23.5 Å². The van der Waals surface area contributed by atoms with Crippen LogP contribution in [0.25, 0.3) is 0 Å². The number of benzene rings is 2. The van der Waals surface area contributed by atoms with Gasteiger partial charge in [-0.15, -0.1) is 0 Å². The number of hydrogen-bond acceptors (Lipinski definition) is 4. The van der Waals surface area contributed by atoms with Crippen LogP contribution in [0.5, 0.6) is 5.75 Å². The van der Waals surface area contributed by atoms with Crippen molar-refractivity contribution in [1.82, 2.24) is 10.3 Å². The molecule has 0 saturated heterocycles. The smallest absolute Gasteiger partial charge is 0.274 e. The summed E-state index contributed by atoms with van der Waals surface area (Å²) in [6.45, 7) is 0.230. The van der Waals surface area contributed by atoms with Crippen molar-refractivity contribution in [3.63, 3.8) is 0 Å². The van der Waals surface area contributed by atoms with E-state index in [1.54, 1.807) is 13.2 Å². The van der Waals surface area contributed by atoms with E-state index in [9.17, 15) is 18.4 Å². The second-order valence-corrected chi connectivity index (χ2v) is 6.00. The summed E-state index contributed by atoms with van der Waals surface area (Å²) in [5.74, 6) is -2.17. The quantitative estimate of drug-likeness (QED) is 0.667. The summed E-state index contributed by atoms with van der Waals surface area (Å²) in [5, 5.41) is 5.04. The van der Waals surface area contributed by atoms with E-state index in [0.717, 1.165) is 17.7 Å². The van der Waals surface area contributed by atoms with Crippen molar-refractivity contribution in [2.45, 2.75) is 6.54 Å². The van der Waals surface area contributed by atoms with Crippen LogP contribution in [0, 0.1) is 11.6 Å². The fraction of sp³-hybridized carbons (Fsp3) is 0.0952. The molecule has 148 valence electrons. The topological polar surface area (TPSA) is 80.3 Å². The van der Waals surface area contributed by atoms with Gasteiger partial charge in [-0.05, 0) is 30.3 Å². The van der Waals surface area contributed by atoms with Gasteiger partial charge < -0.3 is 15.4 Å². The largest absolute Gasteiger partial charge is 0.496 e. The van der Waals surface area contributed by atoms with Crippen molar-refractivity contribution in [1.29, 1.82) is 0 Å². The van der Waals surface area contributed by atoms with E-state index < -0.39 is 23.4 Å². The lowest BCUT2D eigenvalue weighted by Crippen LogP contribution is -2.24. The third-order valence-electron chi connectivity index (χ3n) is 4.07. The number of nitrogens with one attached hydrogen (secondary N) is 2. The number of halogens is 2. The predicted molar refractivity (Wildman–Crippen MR) is 103 cm³/mol. The van der Waals surface area contributed by atoms with Crippen LogP contribution in [0.1, 0.15) is 26.4 Å². The SMILES string of the molecule is COc1ccccc1CNC(=O)c1ccnc(C(=O)Nc2ccc(F)cc2F)c1. The summed E-state index contributed by atoms with van der Waals surface area (Å²) in [6, 6.07) is 12.8. The van der Waals surface area contributed by atoms with Crippen LogP contribution in [0.15, 0.2) is 60.8 Å². The number of anilines is 1. The molecule has 1 aromatic heterocycles. The highest BCUT2D eigenvalue weighted by molar-refractivity contribution is 6.04. The van der Waals surface area contributed by atoms with E-state index in [2.05, 4.69) is 15.6 Å². The zero-order valence-electron chi connectivity index (χ0n) is 15.4. The first-order valence-corrected chi connectivity index (χ1v) is 8.60. The monoisotopic (exact) mass is 397 g/mol. The normalized spacial score (nSPS) is 10.3. The summed E-state index contributed by atoms with van der Waals surface area (Å²) in [5.41, 5.74) is 0.727. The Morgan fingerprint density at radius 1 is 1.03 bits per heavy atom. The lowest BCUT2D eigenvalue weighted by molar-refractivity contribution is 0.0950. The minimum Gasteiger partial charge on any atom is -0.496 e. The van der Waals surface area contributed by atoms with Gasteiger partial charge in [0, 0.05) is 29.9 Å². The summed E-state index contributed by atoms with van der Waals surface area (Å²) in [6.07, 6.45) is 1.30. The van der Waals surface area contributed by atoms with Crippen LogP contribution in [-0.4, -0.2) is 23.9 Å². The van der Waals surface area contributed by atoms with Crippen molar-refractivity contribution >= 4 is 17.5 Å². The van der Waals surface area contributed by atoms with Crippen LogP contribution in [-0.2, 0) is 6.54 Å². The van der Waals surface area contributed by atoms with Crippen molar-refractivity contribution < 1.29 is 23.1 Å². The summed E-state index contributed by atoms with van der Waals surface area (Å²) in [4.78, 5) is 28.6. The summed E-state index contributed by atoms with van der Waals surface area (Å²) >= 11 is 0. The predicted octanol–water partition coefficient (Wildman–Crippen LogP) is 3.55. The minimum atomic E-state index is -0.913. The van der Waals surface area contributed by atoms with Gasteiger partial charge in [0.15, 0.2) is 0 Å². The standard InChI is InChI=1S/C21H17F2N3O3/c1-29-19-5-3-2-4-14(19)12-25-20(27)13-8-9-24-18(10-13)21(28)26-17-7-6-15(22)11-16(17)23/h2-11H,12H2,1H3,(H,25,27)(H,26,28). The van der Waals surface area contributed by atoms with E-state index in [4.69, 9.17) is 4.74 Å². The first-order chi connectivity index (χ1) is 14.0. The molecule has 0 fully saturated rings. The second-order valence-electron chi connectivity index (χ2n) is 6.00. The zero-order chi connectivity index (χ0) is 20.8. The highest BCUT2D eigenvalue weighted by Crippen LogP contribution is 2.18. The van der Waals surface area contributed by atoms with Crippen molar-refractivity contribution in [2.75, 3.05) is 12.4 Å². The average Bonchev–Trinajstić information content (AvgIpc) is 2.74. The van der Waals surface area contributed by atoms with Crippen LogP contribution < -0.4 is 15.4 Å². The van der Waals surface area contributed by atoms with Gasteiger partial charge in [-0.3, -0.25) is 14.6 Å². The molecular weight excluding hydrogens is 380 g/mol. The highest BCUT2D eigenvalue weighted by Gasteiger charge is 2.14. The molecule has 2 N–H and O–H groups in total. The van der Waals surface area contributed by atoms with Gasteiger partial charge in [0.25, 0.3) is 11.8 Å². The Kier molecular flexibility index (Phi) is 6.13. The lowest BCUT2D eigenvalue weighted by atomic mass is 10.1. The molecule has 8 heteroatoms.